The Balaban J connectivity index is 1.73. The fraction of sp³-hybridized carbons (Fsp3) is 0.200. The summed E-state index contributed by atoms with van der Waals surface area (Å²) in [6.45, 7) is 0.445. The lowest BCUT2D eigenvalue weighted by Gasteiger charge is -2.27. The third-order valence-corrected chi connectivity index (χ3v) is 4.58. The molecule has 0 saturated heterocycles. The van der Waals surface area contributed by atoms with Crippen molar-refractivity contribution in [3.63, 3.8) is 0 Å². The number of hydrogen-bond acceptors (Lipinski definition) is 6. The van der Waals surface area contributed by atoms with Crippen molar-refractivity contribution in [2.24, 2.45) is 0 Å². The highest BCUT2D eigenvalue weighted by Gasteiger charge is 2.23. The maximum absolute atomic E-state index is 12.2. The van der Waals surface area contributed by atoms with Gasteiger partial charge in [-0.1, -0.05) is 16.9 Å². The van der Waals surface area contributed by atoms with Crippen molar-refractivity contribution in [1.82, 2.24) is 9.30 Å². The summed E-state index contributed by atoms with van der Waals surface area (Å²) in [6, 6.07) is 8.96. The van der Waals surface area contributed by atoms with E-state index in [0.29, 0.717) is 21.7 Å². The number of benzene rings is 1. The van der Waals surface area contributed by atoms with Gasteiger partial charge in [0.15, 0.2) is 17.6 Å². The summed E-state index contributed by atoms with van der Waals surface area (Å²) >= 11 is 1.18. The number of aromatic nitrogens is 2. The van der Waals surface area contributed by atoms with Crippen molar-refractivity contribution < 1.29 is 14.7 Å². The second kappa shape index (κ2) is 5.17. The highest BCUT2D eigenvalue weighted by atomic mass is 32.1. The molecule has 2 aromatic heterocycles. The van der Waals surface area contributed by atoms with Gasteiger partial charge in [-0.05, 0) is 23.6 Å². The first kappa shape index (κ1) is 13.9. The average molecular weight is 332 g/mol. The highest BCUT2D eigenvalue weighted by Crippen LogP contribution is 2.31. The lowest BCUT2D eigenvalue weighted by molar-refractivity contribution is 0.0752. The zero-order chi connectivity index (χ0) is 16.0. The van der Waals surface area contributed by atoms with Gasteiger partial charge in [0.05, 0.1) is 12.1 Å². The first-order chi connectivity index (χ1) is 11.1. The Morgan fingerprint density at radius 2 is 2.00 bits per heavy atom. The van der Waals surface area contributed by atoms with Crippen molar-refractivity contribution in [2.75, 3.05) is 6.61 Å². The second-order valence-corrected chi connectivity index (χ2v) is 6.06. The number of fused-ring (bicyclic) bond motifs is 2. The molecular weight excluding hydrogens is 320 g/mol. The Labute approximate surface area is 133 Å². The predicted octanol–water partition coefficient (Wildman–Crippen LogP) is 1.30. The van der Waals surface area contributed by atoms with E-state index in [2.05, 4.69) is 0 Å². The van der Waals surface area contributed by atoms with E-state index in [1.165, 1.54) is 15.9 Å². The van der Waals surface area contributed by atoms with Crippen LogP contribution >= 0.6 is 11.3 Å². The molecule has 3 heterocycles. The number of rotatable bonds is 2. The van der Waals surface area contributed by atoms with Gasteiger partial charge in [0.25, 0.3) is 0 Å². The number of ether oxygens (including phenoxy) is 2. The molecule has 1 aliphatic heterocycles. The number of thiophene rings is 1. The van der Waals surface area contributed by atoms with Crippen LogP contribution in [0.3, 0.4) is 0 Å². The van der Waals surface area contributed by atoms with Crippen LogP contribution in [-0.2, 0) is 6.54 Å². The van der Waals surface area contributed by atoms with E-state index in [1.54, 1.807) is 17.5 Å². The van der Waals surface area contributed by atoms with E-state index in [1.807, 2.05) is 18.2 Å². The Bertz CT molecular complexity index is 1000. The molecule has 0 spiro atoms. The van der Waals surface area contributed by atoms with Crippen molar-refractivity contribution in [3.05, 3.63) is 56.5 Å². The van der Waals surface area contributed by atoms with Crippen molar-refractivity contribution in [2.45, 2.75) is 12.6 Å². The van der Waals surface area contributed by atoms with Crippen molar-refractivity contribution >= 4 is 21.6 Å². The summed E-state index contributed by atoms with van der Waals surface area (Å²) in [5.41, 5.74) is -1.01. The van der Waals surface area contributed by atoms with Crippen molar-refractivity contribution in [1.29, 1.82) is 0 Å². The zero-order valence-electron chi connectivity index (χ0n) is 11.8. The van der Waals surface area contributed by atoms with Gasteiger partial charge in [0, 0.05) is 0 Å². The molecule has 7 nitrogen and oxygen atoms in total. The van der Waals surface area contributed by atoms with E-state index < -0.39 is 17.4 Å². The zero-order valence-corrected chi connectivity index (χ0v) is 12.7. The Morgan fingerprint density at radius 1 is 1.22 bits per heavy atom. The van der Waals surface area contributed by atoms with E-state index in [4.69, 9.17) is 9.47 Å². The summed E-state index contributed by atoms with van der Waals surface area (Å²) in [7, 11) is 0. The molecular formula is C15H12N2O5S. The minimum absolute atomic E-state index is 0.135. The summed E-state index contributed by atoms with van der Waals surface area (Å²) in [5.74, 6) is 1.26. The Morgan fingerprint density at radius 3 is 2.83 bits per heavy atom. The molecule has 1 N–H and O–H groups in total. The first-order valence-electron chi connectivity index (χ1n) is 6.96. The van der Waals surface area contributed by atoms with Crippen LogP contribution in [-0.4, -0.2) is 27.2 Å². The maximum atomic E-state index is 12.2. The van der Waals surface area contributed by atoms with E-state index in [0.717, 1.165) is 0 Å². The van der Waals surface area contributed by atoms with Gasteiger partial charge in [-0.3, -0.25) is 9.36 Å². The maximum Gasteiger partial charge on any atom is 0.365 e. The molecule has 0 radical (unpaired) electrons. The molecule has 0 fully saturated rings. The van der Waals surface area contributed by atoms with E-state index in [9.17, 15) is 14.8 Å². The minimum Gasteiger partial charge on any atom is -0.486 e. The molecule has 118 valence electrons. The fourth-order valence-electron chi connectivity index (χ4n) is 2.61. The molecule has 0 unspecified atom stereocenters. The van der Waals surface area contributed by atoms with Crippen LogP contribution in [0.1, 0.15) is 0 Å². The molecule has 1 aromatic carbocycles. The summed E-state index contributed by atoms with van der Waals surface area (Å²) < 4.78 is 13.3. The standard InChI is InChI=1S/C15H12N2O5S/c18-14-13-10(5-6-23-13)16(15(19)17(14)20)7-9-8-21-11-3-1-2-4-12(11)22-9/h1-6,9,20H,7-8H2/t9-/m1/s1. The second-order valence-electron chi connectivity index (χ2n) is 5.14. The molecule has 4 rings (SSSR count). The van der Waals surface area contributed by atoms with Gasteiger partial charge in [-0.2, -0.15) is 0 Å². The van der Waals surface area contributed by atoms with Gasteiger partial charge >= 0.3 is 11.2 Å². The largest absolute Gasteiger partial charge is 0.486 e. The molecule has 0 bridgehead atoms. The topological polar surface area (TPSA) is 82.7 Å². The molecule has 1 atom stereocenters. The van der Waals surface area contributed by atoms with Crippen molar-refractivity contribution in [3.8, 4) is 11.5 Å². The SMILES string of the molecule is O=c1c2sccc2n(C[C@@H]2COc3ccccc3O2)c(=O)n1O. The lowest BCUT2D eigenvalue weighted by Crippen LogP contribution is -2.42. The number of hydrogen-bond donors (Lipinski definition) is 1. The van der Waals surface area contributed by atoms with Crippen LogP contribution in [0.2, 0.25) is 0 Å². The van der Waals surface area contributed by atoms with Gasteiger partial charge < -0.3 is 14.7 Å². The normalized spacial score (nSPS) is 16.6. The van der Waals surface area contributed by atoms with Crippen LogP contribution in [0, 0.1) is 0 Å². The molecule has 23 heavy (non-hydrogen) atoms. The van der Waals surface area contributed by atoms with Gasteiger partial charge in [-0.25, -0.2) is 4.79 Å². The summed E-state index contributed by atoms with van der Waals surface area (Å²) in [6.07, 6.45) is -0.400. The predicted molar refractivity (Wildman–Crippen MR) is 83.9 cm³/mol. The monoisotopic (exact) mass is 332 g/mol. The third-order valence-electron chi connectivity index (χ3n) is 3.69. The highest BCUT2D eigenvalue weighted by molar-refractivity contribution is 7.17. The lowest BCUT2D eigenvalue weighted by atomic mass is 10.2. The minimum atomic E-state index is -0.789. The van der Waals surface area contributed by atoms with E-state index >= 15 is 0 Å². The van der Waals surface area contributed by atoms with Crippen LogP contribution < -0.4 is 20.7 Å². The van der Waals surface area contributed by atoms with Gasteiger partial charge in [-0.15, -0.1) is 11.3 Å². The molecule has 3 aromatic rings. The molecule has 8 heteroatoms. The average Bonchev–Trinajstić information content (AvgIpc) is 3.06. The van der Waals surface area contributed by atoms with E-state index in [-0.39, 0.29) is 17.9 Å². The van der Waals surface area contributed by atoms with Gasteiger partial charge in [0.1, 0.15) is 11.3 Å². The quantitative estimate of drug-likeness (QED) is 0.715. The third kappa shape index (κ3) is 2.18. The first-order valence-corrected chi connectivity index (χ1v) is 7.84. The van der Waals surface area contributed by atoms with Crippen LogP contribution in [0.5, 0.6) is 11.5 Å². The molecule has 0 amide bonds. The van der Waals surface area contributed by atoms with Gasteiger partial charge in [0.2, 0.25) is 0 Å². The smallest absolute Gasteiger partial charge is 0.365 e. The van der Waals surface area contributed by atoms with Crippen LogP contribution in [0.4, 0.5) is 0 Å². The van der Waals surface area contributed by atoms with Crippen LogP contribution in [0.25, 0.3) is 10.2 Å². The fourth-order valence-corrected chi connectivity index (χ4v) is 3.43. The Kier molecular flexibility index (Phi) is 3.12. The summed E-state index contributed by atoms with van der Waals surface area (Å²) in [4.78, 5) is 24.1. The number of nitrogens with zero attached hydrogens (tertiary/aromatic N) is 2. The summed E-state index contributed by atoms with van der Waals surface area (Å²) in [5, 5.41) is 11.4. The number of para-hydroxylation sites is 2. The molecule has 0 saturated carbocycles. The molecule has 0 aliphatic carbocycles. The van der Waals surface area contributed by atoms with Crippen LogP contribution in [0.15, 0.2) is 45.3 Å². The molecule has 1 aliphatic rings. The Hall–Kier alpha value is -2.74.